The smallest absolute Gasteiger partial charge is 0.335 e. The minimum absolute atomic E-state index is 0.0663. The third-order valence-electron chi connectivity index (χ3n) is 4.22. The Labute approximate surface area is 139 Å². The molecule has 1 aliphatic carbocycles. The highest BCUT2D eigenvalue weighted by Gasteiger charge is 2.68. The van der Waals surface area contributed by atoms with Gasteiger partial charge in [0.1, 0.15) is 11.3 Å². The summed E-state index contributed by atoms with van der Waals surface area (Å²) in [5.74, 6) is -4.78. The van der Waals surface area contributed by atoms with Gasteiger partial charge in [-0.2, -0.15) is 0 Å². The number of hydrogen-bond acceptors (Lipinski definition) is 5. The minimum atomic E-state index is -2.16. The van der Waals surface area contributed by atoms with Crippen molar-refractivity contribution in [1.82, 2.24) is 0 Å². The molecule has 0 saturated heterocycles. The zero-order valence-electron chi connectivity index (χ0n) is 13.1. The second kappa shape index (κ2) is 6.67. The number of Topliss-reactive ketones (excluding diaryl/α,β-unsaturated/α-hetero) is 3. The SMILES string of the molecule is CCCCC(=O)[C@@H]1C(=O)[C@@H](Cl)C(C)(C)[C@](Cl)(C(=O)OC)C1=O. The van der Waals surface area contributed by atoms with Gasteiger partial charge in [-0.05, 0) is 6.42 Å². The summed E-state index contributed by atoms with van der Waals surface area (Å²) in [5, 5.41) is -1.24. The Bertz CT molecular complexity index is 514. The Morgan fingerprint density at radius 3 is 2.27 bits per heavy atom. The van der Waals surface area contributed by atoms with Crippen LogP contribution in [0.1, 0.15) is 40.0 Å². The van der Waals surface area contributed by atoms with Gasteiger partial charge in [-0.25, -0.2) is 4.79 Å². The molecule has 0 heterocycles. The van der Waals surface area contributed by atoms with Crippen LogP contribution in [-0.2, 0) is 23.9 Å². The largest absolute Gasteiger partial charge is 0.467 e. The maximum atomic E-state index is 12.7. The summed E-state index contributed by atoms with van der Waals surface area (Å²) in [4.78, 5) is 47.2. The molecule has 0 aromatic rings. The molecule has 0 bridgehead atoms. The topological polar surface area (TPSA) is 77.5 Å². The van der Waals surface area contributed by atoms with Crippen LogP contribution >= 0.6 is 23.2 Å². The van der Waals surface area contributed by atoms with Crippen molar-refractivity contribution in [2.45, 2.75) is 50.3 Å². The van der Waals surface area contributed by atoms with Crippen LogP contribution in [0.4, 0.5) is 0 Å². The van der Waals surface area contributed by atoms with Crippen molar-refractivity contribution in [2.24, 2.45) is 11.3 Å². The predicted molar refractivity (Wildman–Crippen MR) is 82.1 cm³/mol. The molecule has 0 spiro atoms. The first-order valence-electron chi connectivity index (χ1n) is 7.09. The lowest BCUT2D eigenvalue weighted by molar-refractivity contribution is -0.158. The van der Waals surface area contributed by atoms with Gasteiger partial charge in [0.25, 0.3) is 0 Å². The van der Waals surface area contributed by atoms with Crippen LogP contribution in [0.2, 0.25) is 0 Å². The van der Waals surface area contributed by atoms with E-state index in [0.717, 1.165) is 13.5 Å². The number of alkyl halides is 2. The van der Waals surface area contributed by atoms with Crippen molar-refractivity contribution in [3.05, 3.63) is 0 Å². The standard InChI is InChI=1S/C15H20Cl2O5/c1-5-6-7-8(18)9-10(19)11(16)14(2,3)15(17,12(9)20)13(21)22-4/h9,11H,5-7H2,1-4H3/t9-,11-,15-/m1/s1. The Morgan fingerprint density at radius 2 is 1.82 bits per heavy atom. The summed E-state index contributed by atoms with van der Waals surface area (Å²) >= 11 is 12.4. The van der Waals surface area contributed by atoms with Crippen molar-refractivity contribution in [3.63, 3.8) is 0 Å². The first-order chi connectivity index (χ1) is 10.1. The van der Waals surface area contributed by atoms with Crippen LogP contribution in [0.5, 0.6) is 0 Å². The highest BCUT2D eigenvalue weighted by Crippen LogP contribution is 2.50. The summed E-state index contributed by atoms with van der Waals surface area (Å²) < 4.78 is 4.62. The fourth-order valence-electron chi connectivity index (χ4n) is 2.63. The molecule has 0 amide bonds. The van der Waals surface area contributed by atoms with E-state index in [1.54, 1.807) is 0 Å². The lowest BCUT2D eigenvalue weighted by Crippen LogP contribution is -2.67. The van der Waals surface area contributed by atoms with Crippen LogP contribution in [0.25, 0.3) is 0 Å². The fraction of sp³-hybridized carbons (Fsp3) is 0.733. The van der Waals surface area contributed by atoms with E-state index in [1.165, 1.54) is 13.8 Å². The second-order valence-corrected chi connectivity index (χ2v) is 7.01. The van der Waals surface area contributed by atoms with Crippen molar-refractivity contribution in [1.29, 1.82) is 0 Å². The number of carbonyl (C=O) groups excluding carboxylic acids is 4. The third kappa shape index (κ3) is 2.69. The quantitative estimate of drug-likeness (QED) is 0.431. The van der Waals surface area contributed by atoms with Gasteiger partial charge in [-0.3, -0.25) is 14.4 Å². The number of esters is 1. The summed E-state index contributed by atoms with van der Waals surface area (Å²) in [6.07, 6.45) is 1.34. The highest BCUT2D eigenvalue weighted by atomic mass is 35.5. The normalized spacial score (nSPS) is 31.0. The molecule has 3 atom stereocenters. The molecule has 5 nitrogen and oxygen atoms in total. The molecule has 1 fully saturated rings. The zero-order valence-corrected chi connectivity index (χ0v) is 14.6. The van der Waals surface area contributed by atoms with Gasteiger partial charge in [0, 0.05) is 11.8 Å². The molecule has 0 aromatic heterocycles. The van der Waals surface area contributed by atoms with Gasteiger partial charge in [-0.15, -0.1) is 11.6 Å². The lowest BCUT2D eigenvalue weighted by atomic mass is 9.62. The van der Waals surface area contributed by atoms with Crippen LogP contribution < -0.4 is 0 Å². The number of unbranched alkanes of at least 4 members (excludes halogenated alkanes) is 1. The van der Waals surface area contributed by atoms with Gasteiger partial charge in [0.2, 0.25) is 4.87 Å². The molecule has 0 N–H and O–H groups in total. The summed E-state index contributed by atoms with van der Waals surface area (Å²) in [7, 11) is 1.09. The van der Waals surface area contributed by atoms with Gasteiger partial charge in [0.05, 0.1) is 7.11 Å². The van der Waals surface area contributed by atoms with E-state index >= 15 is 0 Å². The average molecular weight is 351 g/mol. The summed E-state index contributed by atoms with van der Waals surface area (Å²) in [6.45, 7) is 4.76. The lowest BCUT2D eigenvalue weighted by Gasteiger charge is -2.46. The van der Waals surface area contributed by atoms with E-state index in [0.29, 0.717) is 6.42 Å². The summed E-state index contributed by atoms with van der Waals surface area (Å²) in [5.41, 5.74) is -1.38. The molecule has 22 heavy (non-hydrogen) atoms. The maximum Gasteiger partial charge on any atom is 0.335 e. The number of methoxy groups -OCH3 is 1. The number of carbonyl (C=O) groups is 4. The van der Waals surface area contributed by atoms with Crippen molar-refractivity contribution < 1.29 is 23.9 Å². The Kier molecular flexibility index (Phi) is 5.79. The van der Waals surface area contributed by atoms with Crippen LogP contribution in [0.15, 0.2) is 0 Å². The molecule has 124 valence electrons. The Morgan fingerprint density at radius 1 is 1.27 bits per heavy atom. The van der Waals surface area contributed by atoms with Crippen LogP contribution in [-0.4, -0.2) is 40.7 Å². The van der Waals surface area contributed by atoms with Crippen LogP contribution in [0.3, 0.4) is 0 Å². The molecule has 1 saturated carbocycles. The Hall–Kier alpha value is -0.940. The molecular weight excluding hydrogens is 331 g/mol. The molecule has 0 aliphatic heterocycles. The predicted octanol–water partition coefficient (Wildman–Crippen LogP) is 2.30. The molecule has 0 unspecified atom stereocenters. The monoisotopic (exact) mass is 350 g/mol. The van der Waals surface area contributed by atoms with Gasteiger partial charge in [-0.1, -0.05) is 38.8 Å². The fourth-order valence-corrected chi connectivity index (χ4v) is 3.27. The van der Waals surface area contributed by atoms with Gasteiger partial charge < -0.3 is 4.74 Å². The van der Waals surface area contributed by atoms with Crippen molar-refractivity contribution in [2.75, 3.05) is 7.11 Å². The van der Waals surface area contributed by atoms with Crippen molar-refractivity contribution in [3.8, 4) is 0 Å². The van der Waals surface area contributed by atoms with E-state index in [2.05, 4.69) is 4.74 Å². The molecule has 1 aliphatic rings. The minimum Gasteiger partial charge on any atom is -0.467 e. The van der Waals surface area contributed by atoms with Gasteiger partial charge in [0.15, 0.2) is 17.3 Å². The first-order valence-corrected chi connectivity index (χ1v) is 7.90. The highest BCUT2D eigenvalue weighted by molar-refractivity contribution is 6.53. The van der Waals surface area contributed by atoms with Crippen LogP contribution in [0, 0.1) is 11.3 Å². The van der Waals surface area contributed by atoms with Gasteiger partial charge >= 0.3 is 5.97 Å². The number of ether oxygens (including phenoxy) is 1. The number of halogens is 2. The molecule has 0 radical (unpaired) electrons. The number of rotatable bonds is 5. The maximum absolute atomic E-state index is 12.7. The van der Waals surface area contributed by atoms with Crippen molar-refractivity contribution >= 4 is 46.5 Å². The number of hydrogen-bond donors (Lipinski definition) is 0. The first kappa shape index (κ1) is 19.1. The van der Waals surface area contributed by atoms with E-state index in [-0.39, 0.29) is 6.42 Å². The van der Waals surface area contributed by atoms with E-state index in [1.807, 2.05) is 6.92 Å². The molecular formula is C15H20Cl2O5. The zero-order chi connectivity index (χ0) is 17.3. The second-order valence-electron chi connectivity index (χ2n) is 6.00. The summed E-state index contributed by atoms with van der Waals surface area (Å²) in [6, 6.07) is 0. The van der Waals surface area contributed by atoms with E-state index in [4.69, 9.17) is 23.2 Å². The van der Waals surface area contributed by atoms with E-state index < -0.39 is 44.9 Å². The van der Waals surface area contributed by atoms with E-state index in [9.17, 15) is 19.2 Å². The Balaban J connectivity index is 3.35. The molecule has 7 heteroatoms. The average Bonchev–Trinajstić information content (AvgIpc) is 2.48. The number of ketones is 3. The molecule has 0 aromatic carbocycles. The molecule has 1 rings (SSSR count). The third-order valence-corrected chi connectivity index (χ3v) is 5.81.